The topological polar surface area (TPSA) is 66.8 Å². The van der Waals surface area contributed by atoms with Crippen LogP contribution in [0.4, 0.5) is 0 Å². The molecule has 5 nitrogen and oxygen atoms in total. The summed E-state index contributed by atoms with van der Waals surface area (Å²) in [4.78, 5) is 26.0. The Morgan fingerprint density at radius 3 is 2.65 bits per heavy atom. The van der Waals surface area contributed by atoms with Gasteiger partial charge in [-0.2, -0.15) is 0 Å². The standard InChI is InChI=1S/C13H16BrNO4S/c1-2-15(7-8-3-6-11(14)20-8)12(16)9-4-5-10(19-9)13(17)18/h3,6,9-10H,2,4-5,7H2,1H3,(H,17,18)/t9-,10+/m0/s1. The first kappa shape index (κ1) is 15.5. The van der Waals surface area contributed by atoms with Gasteiger partial charge in [0.05, 0.1) is 10.3 Å². The van der Waals surface area contributed by atoms with Crippen LogP contribution in [0, 0.1) is 0 Å². The number of nitrogens with zero attached hydrogens (tertiary/aromatic N) is 1. The van der Waals surface area contributed by atoms with E-state index >= 15 is 0 Å². The minimum atomic E-state index is -0.995. The maximum Gasteiger partial charge on any atom is 0.332 e. The third-order valence-corrected chi connectivity index (χ3v) is 4.85. The molecule has 2 rings (SSSR count). The number of carboxylic acids is 1. The van der Waals surface area contributed by atoms with Crippen molar-refractivity contribution in [3.8, 4) is 0 Å². The van der Waals surface area contributed by atoms with Crippen molar-refractivity contribution in [2.45, 2.75) is 38.5 Å². The van der Waals surface area contributed by atoms with Crippen LogP contribution in [0.15, 0.2) is 15.9 Å². The second-order valence-electron chi connectivity index (χ2n) is 4.59. The molecule has 20 heavy (non-hydrogen) atoms. The van der Waals surface area contributed by atoms with E-state index in [0.29, 0.717) is 25.9 Å². The summed E-state index contributed by atoms with van der Waals surface area (Å²) >= 11 is 4.98. The largest absolute Gasteiger partial charge is 0.479 e. The monoisotopic (exact) mass is 361 g/mol. The van der Waals surface area contributed by atoms with Crippen molar-refractivity contribution in [2.24, 2.45) is 0 Å². The van der Waals surface area contributed by atoms with E-state index < -0.39 is 18.2 Å². The van der Waals surface area contributed by atoms with Crippen molar-refractivity contribution in [1.82, 2.24) is 4.90 Å². The number of hydrogen-bond acceptors (Lipinski definition) is 4. The zero-order valence-corrected chi connectivity index (χ0v) is 13.4. The van der Waals surface area contributed by atoms with E-state index in [1.807, 2.05) is 19.1 Å². The van der Waals surface area contributed by atoms with Gasteiger partial charge in [-0.05, 0) is 47.8 Å². The molecule has 1 aromatic rings. The van der Waals surface area contributed by atoms with Crippen LogP contribution in [0.5, 0.6) is 0 Å². The molecule has 2 heterocycles. The van der Waals surface area contributed by atoms with Gasteiger partial charge in [-0.1, -0.05) is 0 Å². The first-order chi connectivity index (χ1) is 9.51. The number of carbonyl (C=O) groups excluding carboxylic acids is 1. The number of aliphatic carboxylic acids is 1. The molecule has 1 aromatic heterocycles. The lowest BCUT2D eigenvalue weighted by atomic mass is 10.2. The van der Waals surface area contributed by atoms with Crippen LogP contribution in [-0.2, 0) is 20.9 Å². The number of ether oxygens (including phenoxy) is 1. The molecule has 0 unspecified atom stereocenters. The van der Waals surface area contributed by atoms with Crippen LogP contribution >= 0.6 is 27.3 Å². The van der Waals surface area contributed by atoms with Crippen LogP contribution in [0.25, 0.3) is 0 Å². The smallest absolute Gasteiger partial charge is 0.332 e. The number of carboxylic acid groups (broad SMARTS) is 1. The summed E-state index contributed by atoms with van der Waals surface area (Å²) in [6, 6.07) is 3.92. The quantitative estimate of drug-likeness (QED) is 0.874. The van der Waals surface area contributed by atoms with Gasteiger partial charge in [-0.15, -0.1) is 11.3 Å². The van der Waals surface area contributed by atoms with Crippen molar-refractivity contribution in [3.63, 3.8) is 0 Å². The predicted molar refractivity (Wildman–Crippen MR) is 78.6 cm³/mol. The molecule has 1 N–H and O–H groups in total. The van der Waals surface area contributed by atoms with Gasteiger partial charge in [0.2, 0.25) is 0 Å². The highest BCUT2D eigenvalue weighted by Gasteiger charge is 2.36. The molecule has 2 atom stereocenters. The third kappa shape index (κ3) is 3.59. The number of rotatable bonds is 5. The lowest BCUT2D eigenvalue weighted by Crippen LogP contribution is -2.39. The van der Waals surface area contributed by atoms with Crippen LogP contribution < -0.4 is 0 Å². The van der Waals surface area contributed by atoms with E-state index in [1.165, 1.54) is 0 Å². The molecular formula is C13H16BrNO4S. The Balaban J connectivity index is 1.97. The Morgan fingerprint density at radius 2 is 2.15 bits per heavy atom. The molecule has 1 saturated heterocycles. The number of likely N-dealkylation sites (N-methyl/N-ethyl adjacent to an activating group) is 1. The lowest BCUT2D eigenvalue weighted by Gasteiger charge is -2.23. The second-order valence-corrected chi connectivity index (χ2v) is 7.13. The maximum atomic E-state index is 12.4. The molecule has 1 fully saturated rings. The van der Waals surface area contributed by atoms with Gasteiger partial charge in [0, 0.05) is 11.4 Å². The molecule has 7 heteroatoms. The summed E-state index contributed by atoms with van der Waals surface area (Å²) in [6.07, 6.45) is -0.605. The van der Waals surface area contributed by atoms with Crippen LogP contribution in [0.2, 0.25) is 0 Å². The summed E-state index contributed by atoms with van der Waals surface area (Å²) in [5.74, 6) is -1.12. The molecule has 110 valence electrons. The first-order valence-electron chi connectivity index (χ1n) is 6.42. The highest BCUT2D eigenvalue weighted by Crippen LogP contribution is 2.25. The van der Waals surface area contributed by atoms with E-state index in [1.54, 1.807) is 16.2 Å². The highest BCUT2D eigenvalue weighted by molar-refractivity contribution is 9.11. The highest BCUT2D eigenvalue weighted by atomic mass is 79.9. The molecule has 1 aliphatic rings. The third-order valence-electron chi connectivity index (χ3n) is 3.24. The molecular weight excluding hydrogens is 346 g/mol. The van der Waals surface area contributed by atoms with Crippen molar-refractivity contribution < 1.29 is 19.4 Å². The van der Waals surface area contributed by atoms with Crippen molar-refractivity contribution in [2.75, 3.05) is 6.54 Å². The summed E-state index contributed by atoms with van der Waals surface area (Å²) < 4.78 is 6.34. The summed E-state index contributed by atoms with van der Waals surface area (Å²) in [7, 11) is 0. The number of amides is 1. The lowest BCUT2D eigenvalue weighted by molar-refractivity contribution is -0.154. The van der Waals surface area contributed by atoms with Gasteiger partial charge in [-0.3, -0.25) is 4.79 Å². The summed E-state index contributed by atoms with van der Waals surface area (Å²) in [5, 5.41) is 8.89. The normalized spacial score (nSPS) is 21.9. The zero-order valence-electron chi connectivity index (χ0n) is 11.0. The molecule has 0 saturated carbocycles. The zero-order chi connectivity index (χ0) is 14.7. The molecule has 0 radical (unpaired) electrons. The number of thiophene rings is 1. The summed E-state index contributed by atoms with van der Waals surface area (Å²) in [6.45, 7) is 3.01. The van der Waals surface area contributed by atoms with Crippen molar-refractivity contribution in [1.29, 1.82) is 0 Å². The molecule has 0 aliphatic carbocycles. The first-order valence-corrected chi connectivity index (χ1v) is 8.03. The van der Waals surface area contributed by atoms with Gasteiger partial charge in [0.1, 0.15) is 6.10 Å². The van der Waals surface area contributed by atoms with E-state index in [4.69, 9.17) is 9.84 Å². The van der Waals surface area contributed by atoms with Gasteiger partial charge in [0.15, 0.2) is 6.10 Å². The molecule has 0 spiro atoms. The Morgan fingerprint density at radius 1 is 1.45 bits per heavy atom. The van der Waals surface area contributed by atoms with Crippen LogP contribution in [0.3, 0.4) is 0 Å². The Kier molecular flexibility index (Phi) is 5.17. The minimum absolute atomic E-state index is 0.124. The van der Waals surface area contributed by atoms with E-state index in [0.717, 1.165) is 8.66 Å². The van der Waals surface area contributed by atoms with E-state index in [9.17, 15) is 9.59 Å². The predicted octanol–water partition coefficient (Wildman–Crippen LogP) is 2.49. The molecule has 0 bridgehead atoms. The van der Waals surface area contributed by atoms with Gasteiger partial charge < -0.3 is 14.7 Å². The fourth-order valence-corrected chi connectivity index (χ4v) is 3.67. The van der Waals surface area contributed by atoms with Gasteiger partial charge >= 0.3 is 5.97 Å². The number of halogens is 1. The fraction of sp³-hybridized carbons (Fsp3) is 0.538. The van der Waals surface area contributed by atoms with E-state index in [-0.39, 0.29) is 5.91 Å². The number of hydrogen-bond donors (Lipinski definition) is 1. The van der Waals surface area contributed by atoms with Gasteiger partial charge in [0.25, 0.3) is 5.91 Å². The molecule has 0 aromatic carbocycles. The Bertz CT molecular complexity index is 504. The SMILES string of the molecule is CCN(Cc1ccc(Br)s1)C(=O)[C@@H]1CC[C@H](C(=O)O)O1. The fourth-order valence-electron chi connectivity index (χ4n) is 2.17. The summed E-state index contributed by atoms with van der Waals surface area (Å²) in [5.41, 5.74) is 0. The average molecular weight is 362 g/mol. The van der Waals surface area contributed by atoms with Crippen LogP contribution in [-0.4, -0.2) is 40.6 Å². The van der Waals surface area contributed by atoms with Crippen LogP contribution in [0.1, 0.15) is 24.6 Å². The number of carbonyl (C=O) groups is 2. The van der Waals surface area contributed by atoms with Crippen molar-refractivity contribution in [3.05, 3.63) is 20.8 Å². The van der Waals surface area contributed by atoms with Gasteiger partial charge in [-0.25, -0.2) is 4.79 Å². The average Bonchev–Trinajstić information content (AvgIpc) is 3.04. The molecule has 1 aliphatic heterocycles. The van der Waals surface area contributed by atoms with E-state index in [2.05, 4.69) is 15.9 Å². The second kappa shape index (κ2) is 6.69. The van der Waals surface area contributed by atoms with Crippen molar-refractivity contribution >= 4 is 39.1 Å². The minimum Gasteiger partial charge on any atom is -0.479 e. The Hall–Kier alpha value is -0.920. The molecule has 1 amide bonds. The Labute approximate surface area is 129 Å². The maximum absolute atomic E-state index is 12.4.